The summed E-state index contributed by atoms with van der Waals surface area (Å²) in [5.74, 6) is 0. The first-order chi connectivity index (χ1) is 8.47. The Morgan fingerprint density at radius 1 is 1.11 bits per heavy atom. The van der Waals surface area contributed by atoms with Crippen molar-refractivity contribution >= 4 is 5.69 Å². The zero-order chi connectivity index (χ0) is 13.2. The van der Waals surface area contributed by atoms with Gasteiger partial charge in [-0.05, 0) is 35.9 Å². The highest BCUT2D eigenvalue weighted by molar-refractivity contribution is 5.50. The number of nitrogen functional groups attached to an aromatic ring is 1. The van der Waals surface area contributed by atoms with E-state index in [1.807, 2.05) is 0 Å². The number of benzene rings is 1. The van der Waals surface area contributed by atoms with Gasteiger partial charge >= 0.3 is 6.18 Å². The monoisotopic (exact) mass is 252 g/mol. The summed E-state index contributed by atoms with van der Waals surface area (Å²) in [5, 5.41) is 0. The first-order valence-electron chi connectivity index (χ1n) is 5.32. The summed E-state index contributed by atoms with van der Waals surface area (Å²) in [5.41, 5.74) is 6.45. The molecule has 0 saturated carbocycles. The van der Waals surface area contributed by atoms with Crippen molar-refractivity contribution in [1.82, 2.24) is 4.98 Å². The molecule has 0 aliphatic carbocycles. The molecule has 2 nitrogen and oxygen atoms in total. The van der Waals surface area contributed by atoms with E-state index in [9.17, 15) is 13.2 Å². The molecule has 0 amide bonds. The Hall–Kier alpha value is -2.04. The van der Waals surface area contributed by atoms with Gasteiger partial charge in [0.25, 0.3) is 0 Å². The standard InChI is InChI=1S/C13H11F3N2/c14-13(15,16)10-4-5-12(17)9(7-10)8-11-3-1-2-6-18-11/h1-7H,8,17H2. The Balaban J connectivity index is 2.33. The second-order valence-corrected chi connectivity index (χ2v) is 3.91. The van der Waals surface area contributed by atoms with E-state index in [0.717, 1.165) is 12.1 Å². The Morgan fingerprint density at radius 2 is 1.89 bits per heavy atom. The van der Waals surface area contributed by atoms with Crippen LogP contribution in [0.4, 0.5) is 18.9 Å². The lowest BCUT2D eigenvalue weighted by Crippen LogP contribution is -2.07. The summed E-state index contributed by atoms with van der Waals surface area (Å²) in [6.07, 6.45) is -2.47. The number of halogens is 3. The van der Waals surface area contributed by atoms with E-state index < -0.39 is 11.7 Å². The van der Waals surface area contributed by atoms with Gasteiger partial charge in [0.2, 0.25) is 0 Å². The number of anilines is 1. The van der Waals surface area contributed by atoms with E-state index in [4.69, 9.17) is 5.73 Å². The molecule has 2 aromatic rings. The molecule has 5 heteroatoms. The van der Waals surface area contributed by atoms with Crippen molar-refractivity contribution in [3.8, 4) is 0 Å². The van der Waals surface area contributed by atoms with Crippen LogP contribution in [0.3, 0.4) is 0 Å². The molecule has 0 saturated heterocycles. The van der Waals surface area contributed by atoms with Gasteiger partial charge in [0, 0.05) is 24.0 Å². The molecule has 0 unspecified atom stereocenters. The van der Waals surface area contributed by atoms with Crippen molar-refractivity contribution in [2.75, 3.05) is 5.73 Å². The van der Waals surface area contributed by atoms with Crippen molar-refractivity contribution in [2.24, 2.45) is 0 Å². The minimum absolute atomic E-state index is 0.288. The lowest BCUT2D eigenvalue weighted by atomic mass is 10.0. The zero-order valence-corrected chi connectivity index (χ0v) is 9.41. The van der Waals surface area contributed by atoms with Gasteiger partial charge < -0.3 is 5.73 Å². The minimum Gasteiger partial charge on any atom is -0.398 e. The Labute approximate surface area is 102 Å². The molecular weight excluding hydrogens is 241 g/mol. The first kappa shape index (κ1) is 12.4. The maximum atomic E-state index is 12.6. The molecule has 0 bridgehead atoms. The lowest BCUT2D eigenvalue weighted by Gasteiger charge is -2.11. The van der Waals surface area contributed by atoms with Crippen LogP contribution < -0.4 is 5.73 Å². The maximum absolute atomic E-state index is 12.6. The van der Waals surface area contributed by atoms with Crippen molar-refractivity contribution in [3.05, 3.63) is 59.4 Å². The van der Waals surface area contributed by atoms with Gasteiger partial charge in [0.1, 0.15) is 0 Å². The fourth-order valence-corrected chi connectivity index (χ4v) is 1.63. The van der Waals surface area contributed by atoms with Crippen LogP contribution in [0.5, 0.6) is 0 Å². The molecule has 2 N–H and O–H groups in total. The lowest BCUT2D eigenvalue weighted by molar-refractivity contribution is -0.137. The second-order valence-electron chi connectivity index (χ2n) is 3.91. The highest BCUT2D eigenvalue weighted by Crippen LogP contribution is 2.31. The highest BCUT2D eigenvalue weighted by Gasteiger charge is 2.30. The smallest absolute Gasteiger partial charge is 0.398 e. The summed E-state index contributed by atoms with van der Waals surface area (Å²) in [7, 11) is 0. The molecule has 0 aliphatic heterocycles. The second kappa shape index (κ2) is 4.68. The quantitative estimate of drug-likeness (QED) is 0.833. The van der Waals surface area contributed by atoms with Crippen LogP contribution in [0.15, 0.2) is 42.6 Å². The number of nitrogens with two attached hydrogens (primary N) is 1. The third-order valence-corrected chi connectivity index (χ3v) is 2.57. The van der Waals surface area contributed by atoms with Gasteiger partial charge in [0.05, 0.1) is 5.56 Å². The number of nitrogens with zero attached hydrogens (tertiary/aromatic N) is 1. The summed E-state index contributed by atoms with van der Waals surface area (Å²) in [6, 6.07) is 8.62. The predicted molar refractivity (Wildman–Crippen MR) is 62.9 cm³/mol. The van der Waals surface area contributed by atoms with Gasteiger partial charge in [-0.15, -0.1) is 0 Å². The fourth-order valence-electron chi connectivity index (χ4n) is 1.63. The maximum Gasteiger partial charge on any atom is 0.416 e. The average Bonchev–Trinajstić information content (AvgIpc) is 2.32. The normalized spacial score (nSPS) is 11.5. The molecule has 0 aliphatic rings. The van der Waals surface area contributed by atoms with Crippen LogP contribution in [0, 0.1) is 0 Å². The van der Waals surface area contributed by atoms with E-state index in [-0.39, 0.29) is 6.42 Å². The number of hydrogen-bond donors (Lipinski definition) is 1. The van der Waals surface area contributed by atoms with Crippen molar-refractivity contribution < 1.29 is 13.2 Å². The van der Waals surface area contributed by atoms with Crippen LogP contribution in [0.1, 0.15) is 16.8 Å². The van der Waals surface area contributed by atoms with Gasteiger partial charge in [-0.2, -0.15) is 13.2 Å². The van der Waals surface area contributed by atoms with E-state index in [1.165, 1.54) is 6.07 Å². The number of hydrogen-bond acceptors (Lipinski definition) is 2. The molecule has 2 rings (SSSR count). The topological polar surface area (TPSA) is 38.9 Å². The van der Waals surface area contributed by atoms with Gasteiger partial charge in [-0.3, -0.25) is 4.98 Å². The van der Waals surface area contributed by atoms with E-state index >= 15 is 0 Å². The van der Waals surface area contributed by atoms with Crippen LogP contribution in [0.2, 0.25) is 0 Å². The van der Waals surface area contributed by atoms with Gasteiger partial charge in [0.15, 0.2) is 0 Å². The van der Waals surface area contributed by atoms with E-state index in [1.54, 1.807) is 24.4 Å². The van der Waals surface area contributed by atoms with Crippen LogP contribution in [-0.4, -0.2) is 4.98 Å². The van der Waals surface area contributed by atoms with Crippen LogP contribution in [0.25, 0.3) is 0 Å². The highest BCUT2D eigenvalue weighted by atomic mass is 19.4. The number of aromatic nitrogens is 1. The van der Waals surface area contributed by atoms with Crippen molar-refractivity contribution in [2.45, 2.75) is 12.6 Å². The molecule has 94 valence electrons. The third kappa shape index (κ3) is 2.80. The Morgan fingerprint density at radius 3 is 2.50 bits per heavy atom. The molecule has 18 heavy (non-hydrogen) atoms. The summed E-state index contributed by atoms with van der Waals surface area (Å²) in [6.45, 7) is 0. The predicted octanol–water partition coefficient (Wildman–Crippen LogP) is 3.27. The number of rotatable bonds is 2. The third-order valence-electron chi connectivity index (χ3n) is 2.57. The summed E-state index contributed by atoms with van der Waals surface area (Å²) >= 11 is 0. The average molecular weight is 252 g/mol. The van der Waals surface area contributed by atoms with Gasteiger partial charge in [-0.1, -0.05) is 6.07 Å². The van der Waals surface area contributed by atoms with Crippen LogP contribution >= 0.6 is 0 Å². The molecule has 1 aromatic heterocycles. The molecule has 0 spiro atoms. The Kier molecular flexibility index (Phi) is 3.23. The summed E-state index contributed by atoms with van der Waals surface area (Å²) < 4.78 is 37.7. The van der Waals surface area contributed by atoms with Crippen LogP contribution in [-0.2, 0) is 12.6 Å². The van der Waals surface area contributed by atoms with E-state index in [0.29, 0.717) is 16.9 Å². The minimum atomic E-state index is -4.35. The molecule has 1 heterocycles. The number of alkyl halides is 3. The van der Waals surface area contributed by atoms with Gasteiger partial charge in [-0.25, -0.2) is 0 Å². The fraction of sp³-hybridized carbons (Fsp3) is 0.154. The van der Waals surface area contributed by atoms with Crippen molar-refractivity contribution in [3.63, 3.8) is 0 Å². The number of pyridine rings is 1. The molecule has 0 atom stereocenters. The molecular formula is C13H11F3N2. The molecule has 1 aromatic carbocycles. The largest absolute Gasteiger partial charge is 0.416 e. The SMILES string of the molecule is Nc1ccc(C(F)(F)F)cc1Cc1ccccn1. The van der Waals surface area contributed by atoms with E-state index in [2.05, 4.69) is 4.98 Å². The van der Waals surface area contributed by atoms with Crippen molar-refractivity contribution in [1.29, 1.82) is 0 Å². The molecule has 0 fully saturated rings. The zero-order valence-electron chi connectivity index (χ0n) is 9.41. The molecule has 0 radical (unpaired) electrons. The first-order valence-corrected chi connectivity index (χ1v) is 5.32. The summed E-state index contributed by atoms with van der Waals surface area (Å²) in [4.78, 5) is 4.07. The Bertz CT molecular complexity index is 536.